The quantitative estimate of drug-likeness (QED) is 0.460. The van der Waals surface area contributed by atoms with Gasteiger partial charge in [0.05, 0.1) is 17.3 Å². The minimum Gasteiger partial charge on any atom is -0.454 e. The lowest BCUT2D eigenvalue weighted by molar-refractivity contribution is -0.185. The summed E-state index contributed by atoms with van der Waals surface area (Å²) in [6.07, 6.45) is 0.319. The Bertz CT molecular complexity index is 1440. The second-order valence-corrected chi connectivity index (χ2v) is 8.61. The van der Waals surface area contributed by atoms with Gasteiger partial charge in [-0.15, -0.1) is 0 Å². The van der Waals surface area contributed by atoms with Crippen molar-refractivity contribution < 1.29 is 24.1 Å². The summed E-state index contributed by atoms with van der Waals surface area (Å²) in [5, 5.41) is 11.8. The van der Waals surface area contributed by atoms with Gasteiger partial charge in [0.15, 0.2) is 11.5 Å². The Kier molecular flexibility index (Phi) is 4.46. The SMILES string of the molecule is Cc1ccc(CC2=C(c3ccc4c(c3)OCO4)C(=O)OC2(O)c2ccc3nsnc3c2)cc1. The highest BCUT2D eigenvalue weighted by Gasteiger charge is 2.48. The molecule has 3 heterocycles. The zero-order chi connectivity index (χ0) is 22.6. The highest BCUT2D eigenvalue weighted by molar-refractivity contribution is 7.00. The number of nitrogens with zero attached hydrogens (tertiary/aromatic N) is 2. The summed E-state index contributed by atoms with van der Waals surface area (Å²) in [5.74, 6) is -1.38. The van der Waals surface area contributed by atoms with Gasteiger partial charge in [0.2, 0.25) is 6.79 Å². The van der Waals surface area contributed by atoms with Crippen molar-refractivity contribution in [1.82, 2.24) is 8.75 Å². The molecule has 0 radical (unpaired) electrons. The molecule has 8 heteroatoms. The molecule has 2 aliphatic rings. The van der Waals surface area contributed by atoms with Crippen LogP contribution in [0, 0.1) is 6.92 Å². The first-order valence-corrected chi connectivity index (χ1v) is 11.1. The smallest absolute Gasteiger partial charge is 0.342 e. The standard InChI is InChI=1S/C25H18N2O5S/c1-14-2-4-15(5-3-14)10-18-23(16-6-9-21-22(11-16)31-13-30-21)24(28)32-25(18,29)17-7-8-19-20(12-17)27-33-26-19/h2-9,11-12,29H,10,13H2,1H3. The van der Waals surface area contributed by atoms with Crippen molar-refractivity contribution in [2.45, 2.75) is 19.1 Å². The predicted octanol–water partition coefficient (Wildman–Crippen LogP) is 4.13. The third-order valence-corrected chi connectivity index (χ3v) is 6.52. The molecule has 1 atom stereocenters. The Morgan fingerprint density at radius 3 is 2.61 bits per heavy atom. The van der Waals surface area contributed by atoms with E-state index in [1.54, 1.807) is 36.4 Å². The van der Waals surface area contributed by atoms with Crippen molar-refractivity contribution in [2.75, 3.05) is 6.79 Å². The van der Waals surface area contributed by atoms with Gasteiger partial charge in [-0.3, -0.25) is 0 Å². The zero-order valence-electron chi connectivity index (χ0n) is 17.6. The molecule has 0 fully saturated rings. The maximum Gasteiger partial charge on any atom is 0.342 e. The molecule has 1 unspecified atom stereocenters. The summed E-state index contributed by atoms with van der Waals surface area (Å²) in [6.45, 7) is 2.14. The number of cyclic esters (lactones) is 1. The Morgan fingerprint density at radius 1 is 0.970 bits per heavy atom. The highest BCUT2D eigenvalue weighted by Crippen LogP contribution is 2.46. The summed E-state index contributed by atoms with van der Waals surface area (Å²) >= 11 is 1.09. The maximum atomic E-state index is 13.2. The molecule has 7 nitrogen and oxygen atoms in total. The van der Waals surface area contributed by atoms with Crippen LogP contribution in [0.2, 0.25) is 0 Å². The van der Waals surface area contributed by atoms with Crippen LogP contribution in [-0.2, 0) is 21.7 Å². The van der Waals surface area contributed by atoms with Crippen LogP contribution in [0.15, 0.2) is 66.2 Å². The van der Waals surface area contributed by atoms with E-state index in [4.69, 9.17) is 14.2 Å². The van der Waals surface area contributed by atoms with E-state index in [1.807, 2.05) is 31.2 Å². The summed E-state index contributed by atoms with van der Waals surface area (Å²) in [6, 6.07) is 18.4. The van der Waals surface area contributed by atoms with Crippen LogP contribution in [0.1, 0.15) is 22.3 Å². The van der Waals surface area contributed by atoms with E-state index in [9.17, 15) is 9.90 Å². The number of hydrogen-bond donors (Lipinski definition) is 1. The number of fused-ring (bicyclic) bond motifs is 2. The molecule has 164 valence electrons. The molecule has 0 bridgehead atoms. The Labute approximate surface area is 193 Å². The number of hydrogen-bond acceptors (Lipinski definition) is 8. The van der Waals surface area contributed by atoms with Gasteiger partial charge >= 0.3 is 5.97 Å². The van der Waals surface area contributed by atoms with E-state index in [0.717, 1.165) is 28.4 Å². The molecule has 6 rings (SSSR count). The van der Waals surface area contributed by atoms with Crippen molar-refractivity contribution in [3.05, 3.63) is 88.5 Å². The molecule has 0 aliphatic carbocycles. The molecular weight excluding hydrogens is 440 g/mol. The van der Waals surface area contributed by atoms with E-state index < -0.39 is 11.8 Å². The number of carbonyl (C=O) groups excluding carboxylic acids is 1. The number of carbonyl (C=O) groups is 1. The molecule has 3 aromatic carbocycles. The van der Waals surface area contributed by atoms with Gasteiger partial charge in [0, 0.05) is 17.6 Å². The lowest BCUT2D eigenvalue weighted by Gasteiger charge is -2.25. The number of aryl methyl sites for hydroxylation is 1. The van der Waals surface area contributed by atoms with Gasteiger partial charge in [-0.2, -0.15) is 8.75 Å². The number of aliphatic hydroxyl groups is 1. The fourth-order valence-electron chi connectivity index (χ4n) is 4.23. The van der Waals surface area contributed by atoms with Crippen LogP contribution in [0.5, 0.6) is 11.5 Å². The van der Waals surface area contributed by atoms with Crippen molar-refractivity contribution in [2.24, 2.45) is 0 Å². The molecule has 2 aliphatic heterocycles. The minimum absolute atomic E-state index is 0.129. The van der Waals surface area contributed by atoms with Gasteiger partial charge in [0.25, 0.3) is 5.79 Å². The highest BCUT2D eigenvalue weighted by atomic mass is 32.1. The molecule has 1 N–H and O–H groups in total. The minimum atomic E-state index is -1.94. The van der Waals surface area contributed by atoms with E-state index in [0.29, 0.717) is 45.7 Å². The van der Waals surface area contributed by atoms with Gasteiger partial charge < -0.3 is 19.3 Å². The topological polar surface area (TPSA) is 90.8 Å². The fraction of sp³-hybridized carbons (Fsp3) is 0.160. The first-order chi connectivity index (χ1) is 16.0. The second-order valence-electron chi connectivity index (χ2n) is 8.09. The van der Waals surface area contributed by atoms with Crippen LogP contribution >= 0.6 is 11.7 Å². The van der Waals surface area contributed by atoms with Gasteiger partial charge in [0.1, 0.15) is 11.0 Å². The molecule has 0 spiro atoms. The molecular formula is C25H18N2O5S. The first kappa shape index (κ1) is 19.9. The predicted molar refractivity (Wildman–Crippen MR) is 122 cm³/mol. The summed E-state index contributed by atoms with van der Waals surface area (Å²) in [4.78, 5) is 13.2. The summed E-state index contributed by atoms with van der Waals surface area (Å²) < 4.78 is 25.1. The van der Waals surface area contributed by atoms with Gasteiger partial charge in [-0.1, -0.05) is 35.9 Å². The lowest BCUT2D eigenvalue weighted by atomic mass is 9.87. The third kappa shape index (κ3) is 3.26. The van der Waals surface area contributed by atoms with Crippen LogP contribution in [0.3, 0.4) is 0 Å². The number of aromatic nitrogens is 2. The zero-order valence-corrected chi connectivity index (χ0v) is 18.4. The van der Waals surface area contributed by atoms with Crippen molar-refractivity contribution in [3.8, 4) is 11.5 Å². The van der Waals surface area contributed by atoms with Crippen LogP contribution in [-0.4, -0.2) is 26.6 Å². The molecule has 33 heavy (non-hydrogen) atoms. The fourth-order valence-corrected chi connectivity index (χ4v) is 4.75. The Morgan fingerprint density at radius 2 is 1.76 bits per heavy atom. The number of esters is 1. The van der Waals surface area contributed by atoms with E-state index >= 15 is 0 Å². The maximum absolute atomic E-state index is 13.2. The first-order valence-electron chi connectivity index (χ1n) is 10.4. The number of ether oxygens (including phenoxy) is 3. The van der Waals surface area contributed by atoms with Crippen LogP contribution < -0.4 is 9.47 Å². The van der Waals surface area contributed by atoms with Crippen LogP contribution in [0.4, 0.5) is 0 Å². The molecule has 1 aromatic heterocycles. The van der Waals surface area contributed by atoms with E-state index in [2.05, 4.69) is 8.75 Å². The molecule has 0 saturated heterocycles. The lowest BCUT2D eigenvalue weighted by Crippen LogP contribution is -2.29. The monoisotopic (exact) mass is 458 g/mol. The number of benzene rings is 3. The molecule has 0 saturated carbocycles. The van der Waals surface area contributed by atoms with Crippen molar-refractivity contribution in [3.63, 3.8) is 0 Å². The number of rotatable bonds is 4. The van der Waals surface area contributed by atoms with E-state index in [1.165, 1.54) is 0 Å². The van der Waals surface area contributed by atoms with Crippen molar-refractivity contribution >= 4 is 34.3 Å². The van der Waals surface area contributed by atoms with E-state index in [-0.39, 0.29) is 6.79 Å². The molecule has 4 aromatic rings. The second kappa shape index (κ2) is 7.40. The third-order valence-electron chi connectivity index (χ3n) is 5.96. The summed E-state index contributed by atoms with van der Waals surface area (Å²) in [7, 11) is 0. The average molecular weight is 458 g/mol. The normalized spacial score (nSPS) is 19.4. The Hall–Kier alpha value is -3.75. The van der Waals surface area contributed by atoms with Crippen molar-refractivity contribution in [1.29, 1.82) is 0 Å². The summed E-state index contributed by atoms with van der Waals surface area (Å²) in [5.41, 5.74) is 5.21. The largest absolute Gasteiger partial charge is 0.454 e. The van der Waals surface area contributed by atoms with Gasteiger partial charge in [-0.25, -0.2) is 4.79 Å². The van der Waals surface area contributed by atoms with Gasteiger partial charge in [-0.05, 0) is 48.4 Å². The Balaban J connectivity index is 1.54. The molecule has 0 amide bonds. The average Bonchev–Trinajstić information content (AvgIpc) is 3.53. The van der Waals surface area contributed by atoms with Crippen LogP contribution in [0.25, 0.3) is 16.6 Å².